The minimum absolute atomic E-state index is 0.238. The first-order valence-electron chi connectivity index (χ1n) is 4.99. The summed E-state index contributed by atoms with van der Waals surface area (Å²) in [7, 11) is 0. The maximum Gasteiger partial charge on any atom is 0.325 e. The Balaban J connectivity index is 2.11. The number of carbonyl (C=O) groups excluding carboxylic acids is 2. The van der Waals surface area contributed by atoms with Gasteiger partial charge in [0, 0.05) is 0 Å². The number of nitrogens with zero attached hydrogens (tertiary/aromatic N) is 1. The van der Waals surface area contributed by atoms with Crippen LogP contribution in [-0.2, 0) is 11.3 Å². The SMILES string of the molecule is O=C1N[C@@H](CO)C(=O)N1Cc1ccccc1. The molecule has 1 aromatic carbocycles. The predicted octanol–water partition coefficient (Wildman–Crippen LogP) is 0.0993. The second-order valence-electron chi connectivity index (χ2n) is 3.59. The van der Waals surface area contributed by atoms with E-state index in [1.54, 1.807) is 0 Å². The van der Waals surface area contributed by atoms with Gasteiger partial charge in [0.1, 0.15) is 6.04 Å². The van der Waals surface area contributed by atoms with Crippen LogP contribution in [0.1, 0.15) is 5.56 Å². The van der Waals surface area contributed by atoms with Gasteiger partial charge in [-0.25, -0.2) is 4.79 Å². The third-order valence-electron chi connectivity index (χ3n) is 2.47. The Morgan fingerprint density at radius 1 is 1.25 bits per heavy atom. The molecule has 5 nitrogen and oxygen atoms in total. The first-order chi connectivity index (χ1) is 7.72. The van der Waals surface area contributed by atoms with E-state index in [9.17, 15) is 9.59 Å². The van der Waals surface area contributed by atoms with Crippen molar-refractivity contribution in [2.75, 3.05) is 6.61 Å². The molecule has 0 aliphatic carbocycles. The van der Waals surface area contributed by atoms with Gasteiger partial charge in [0.15, 0.2) is 0 Å². The van der Waals surface area contributed by atoms with Gasteiger partial charge in [-0.05, 0) is 5.56 Å². The fraction of sp³-hybridized carbons (Fsp3) is 0.273. The molecule has 0 bridgehead atoms. The second kappa shape index (κ2) is 4.32. The topological polar surface area (TPSA) is 69.6 Å². The Labute approximate surface area is 92.7 Å². The summed E-state index contributed by atoms with van der Waals surface area (Å²) in [6.45, 7) is -0.127. The van der Waals surface area contributed by atoms with Gasteiger partial charge in [-0.1, -0.05) is 30.3 Å². The van der Waals surface area contributed by atoms with Crippen molar-refractivity contribution < 1.29 is 14.7 Å². The van der Waals surface area contributed by atoms with Gasteiger partial charge in [0.25, 0.3) is 5.91 Å². The van der Waals surface area contributed by atoms with Gasteiger partial charge in [-0.2, -0.15) is 0 Å². The highest BCUT2D eigenvalue weighted by molar-refractivity contribution is 6.04. The van der Waals surface area contributed by atoms with Crippen molar-refractivity contribution in [3.05, 3.63) is 35.9 Å². The standard InChI is InChI=1S/C11H12N2O3/c14-7-9-10(15)13(11(16)12-9)6-8-4-2-1-3-5-8/h1-5,9,14H,6-7H2,(H,12,16)/t9-/m0/s1. The molecule has 2 N–H and O–H groups in total. The van der Waals surface area contributed by atoms with E-state index >= 15 is 0 Å². The summed E-state index contributed by atoms with van der Waals surface area (Å²) in [6, 6.07) is 7.99. The zero-order valence-electron chi connectivity index (χ0n) is 8.59. The van der Waals surface area contributed by atoms with Crippen molar-refractivity contribution in [2.45, 2.75) is 12.6 Å². The summed E-state index contributed by atoms with van der Waals surface area (Å²) in [4.78, 5) is 24.2. The van der Waals surface area contributed by atoms with Crippen LogP contribution in [0.2, 0.25) is 0 Å². The minimum atomic E-state index is -0.795. The van der Waals surface area contributed by atoms with E-state index in [0.29, 0.717) is 0 Å². The highest BCUT2D eigenvalue weighted by atomic mass is 16.3. The molecule has 1 atom stereocenters. The van der Waals surface area contributed by atoms with Gasteiger partial charge < -0.3 is 10.4 Å². The van der Waals surface area contributed by atoms with Gasteiger partial charge in [-0.3, -0.25) is 9.69 Å². The number of carbonyl (C=O) groups is 2. The van der Waals surface area contributed by atoms with Gasteiger partial charge >= 0.3 is 6.03 Å². The van der Waals surface area contributed by atoms with Crippen molar-refractivity contribution in [1.29, 1.82) is 0 Å². The minimum Gasteiger partial charge on any atom is -0.394 e. The third-order valence-corrected chi connectivity index (χ3v) is 2.47. The summed E-state index contributed by atoms with van der Waals surface area (Å²) in [6.07, 6.45) is 0. The molecule has 0 saturated carbocycles. The number of hydrogen-bond donors (Lipinski definition) is 2. The first kappa shape index (κ1) is 10.6. The Morgan fingerprint density at radius 2 is 1.94 bits per heavy atom. The number of aliphatic hydroxyl groups excluding tert-OH is 1. The van der Waals surface area contributed by atoms with Crippen LogP contribution in [0.3, 0.4) is 0 Å². The van der Waals surface area contributed by atoms with Crippen LogP contribution >= 0.6 is 0 Å². The zero-order chi connectivity index (χ0) is 11.5. The third kappa shape index (κ3) is 1.90. The number of amides is 3. The number of benzene rings is 1. The van der Waals surface area contributed by atoms with E-state index in [-0.39, 0.29) is 19.1 Å². The first-order valence-corrected chi connectivity index (χ1v) is 4.99. The van der Waals surface area contributed by atoms with Crippen LogP contribution in [0, 0.1) is 0 Å². The molecule has 1 heterocycles. The Kier molecular flexibility index (Phi) is 2.87. The highest BCUT2D eigenvalue weighted by Gasteiger charge is 2.37. The van der Waals surface area contributed by atoms with Gasteiger partial charge in [-0.15, -0.1) is 0 Å². The van der Waals surface area contributed by atoms with Gasteiger partial charge in [0.05, 0.1) is 13.2 Å². The molecule has 3 amide bonds. The average molecular weight is 220 g/mol. The lowest BCUT2D eigenvalue weighted by Crippen LogP contribution is -2.33. The molecular formula is C11H12N2O3. The molecule has 1 aliphatic heterocycles. The van der Waals surface area contributed by atoms with Crippen molar-refractivity contribution >= 4 is 11.9 Å². The molecule has 0 spiro atoms. The molecular weight excluding hydrogens is 208 g/mol. The molecule has 1 aromatic rings. The molecule has 0 unspecified atom stereocenters. The smallest absolute Gasteiger partial charge is 0.325 e. The Morgan fingerprint density at radius 3 is 2.50 bits per heavy atom. The summed E-state index contributed by atoms with van der Waals surface area (Å²) in [5.74, 6) is -0.378. The lowest BCUT2D eigenvalue weighted by atomic mass is 10.2. The maximum absolute atomic E-state index is 11.6. The molecule has 0 aromatic heterocycles. The second-order valence-corrected chi connectivity index (χ2v) is 3.59. The quantitative estimate of drug-likeness (QED) is 0.710. The van der Waals surface area contributed by atoms with Crippen LogP contribution in [0.15, 0.2) is 30.3 Å². The van der Waals surface area contributed by atoms with E-state index in [1.165, 1.54) is 0 Å². The van der Waals surface area contributed by atoms with Gasteiger partial charge in [0.2, 0.25) is 0 Å². The molecule has 16 heavy (non-hydrogen) atoms. The summed E-state index contributed by atoms with van der Waals surface area (Å²) >= 11 is 0. The van der Waals surface area contributed by atoms with E-state index in [2.05, 4.69) is 5.32 Å². The van der Waals surface area contributed by atoms with Crippen molar-refractivity contribution in [3.8, 4) is 0 Å². The highest BCUT2D eigenvalue weighted by Crippen LogP contribution is 2.11. The zero-order valence-corrected chi connectivity index (χ0v) is 8.59. The van der Waals surface area contributed by atoms with Crippen LogP contribution < -0.4 is 5.32 Å². The van der Waals surface area contributed by atoms with E-state index < -0.39 is 12.1 Å². The van der Waals surface area contributed by atoms with Crippen LogP contribution in [-0.4, -0.2) is 34.6 Å². The lowest BCUT2D eigenvalue weighted by molar-refractivity contribution is -0.128. The lowest BCUT2D eigenvalue weighted by Gasteiger charge is -2.12. The monoisotopic (exact) mass is 220 g/mol. The molecule has 2 rings (SSSR count). The number of nitrogens with one attached hydrogen (secondary N) is 1. The fourth-order valence-electron chi connectivity index (χ4n) is 1.62. The number of rotatable bonds is 3. The summed E-state index contributed by atoms with van der Waals surface area (Å²) < 4.78 is 0. The molecule has 5 heteroatoms. The molecule has 84 valence electrons. The number of imide groups is 1. The summed E-state index contributed by atoms with van der Waals surface area (Å²) in [5, 5.41) is 11.3. The van der Waals surface area contributed by atoms with E-state index in [1.807, 2.05) is 30.3 Å². The van der Waals surface area contributed by atoms with E-state index in [4.69, 9.17) is 5.11 Å². The van der Waals surface area contributed by atoms with Crippen molar-refractivity contribution in [2.24, 2.45) is 0 Å². The molecule has 0 radical (unpaired) electrons. The maximum atomic E-state index is 11.6. The normalized spacial score (nSPS) is 20.1. The Bertz CT molecular complexity index is 405. The van der Waals surface area contributed by atoms with Crippen LogP contribution in [0.4, 0.5) is 4.79 Å². The van der Waals surface area contributed by atoms with Crippen LogP contribution in [0.5, 0.6) is 0 Å². The van der Waals surface area contributed by atoms with Crippen molar-refractivity contribution in [3.63, 3.8) is 0 Å². The number of aliphatic hydroxyl groups is 1. The molecule has 1 aliphatic rings. The average Bonchev–Trinajstić information content (AvgIpc) is 2.58. The van der Waals surface area contributed by atoms with Crippen LogP contribution in [0.25, 0.3) is 0 Å². The van der Waals surface area contributed by atoms with Crippen molar-refractivity contribution in [1.82, 2.24) is 10.2 Å². The Hall–Kier alpha value is -1.88. The largest absolute Gasteiger partial charge is 0.394 e. The molecule has 1 fully saturated rings. The predicted molar refractivity (Wildman–Crippen MR) is 56.4 cm³/mol. The number of hydrogen-bond acceptors (Lipinski definition) is 3. The summed E-state index contributed by atoms with van der Waals surface area (Å²) in [5.41, 5.74) is 0.879. The molecule has 1 saturated heterocycles. The number of urea groups is 1. The fourth-order valence-corrected chi connectivity index (χ4v) is 1.62. The van der Waals surface area contributed by atoms with E-state index in [0.717, 1.165) is 10.5 Å².